The van der Waals surface area contributed by atoms with Crippen molar-refractivity contribution in [2.75, 3.05) is 71.0 Å². The van der Waals surface area contributed by atoms with Gasteiger partial charge < -0.3 is 43.1 Å². The van der Waals surface area contributed by atoms with Crippen molar-refractivity contribution in [2.24, 2.45) is 20.0 Å². The molecule has 0 radical (unpaired) electrons. The van der Waals surface area contributed by atoms with E-state index in [1.165, 1.54) is 0 Å². The number of hydrogen-bond acceptors (Lipinski definition) is 19. The molecule has 478 valence electrons. The SMILES string of the molecule is C[Si](C)(CCCNC(=O)COCC(=O)[O-])O[Si-2]123(O[Si](C)(C)CCCNC(=O)C[N+](CCCP(=O)([O-])[O-])(CCCP(=O)([O-])[O-])CCCP(=O)([O-])O)n4c5c6ccccc6c4N=C4c6ccccc6C(=[N+]41)N=c1c4ccccc4c(n12)=NC1=[N+]3C(=N5)c2ccccc21.[Na+].[Na+].[Na+].[Na+].[Na+].[Na+]. The van der Waals surface area contributed by atoms with Crippen LogP contribution in [0.1, 0.15) is 54.4 Å². The Morgan fingerprint density at radius 1 is 0.542 bits per heavy atom. The van der Waals surface area contributed by atoms with Gasteiger partial charge in [0.25, 0.3) is 0 Å². The van der Waals surface area contributed by atoms with Gasteiger partial charge in [-0.1, -0.05) is 15.2 Å². The third-order valence-electron chi connectivity index (χ3n) is 17.8. The summed E-state index contributed by atoms with van der Waals surface area (Å²) in [6, 6.07) is 32.5. The van der Waals surface area contributed by atoms with Crippen molar-refractivity contribution in [2.45, 2.75) is 70.4 Å². The fourth-order valence-electron chi connectivity index (χ4n) is 14.8. The van der Waals surface area contributed by atoms with Gasteiger partial charge in [0, 0.05) is 0 Å². The second-order valence-corrected chi connectivity index (χ2v) is 44.6. The van der Waals surface area contributed by atoms with Crippen molar-refractivity contribution in [3.8, 4) is 0 Å². The summed E-state index contributed by atoms with van der Waals surface area (Å²) in [5.41, 5.74) is 4.06. The zero-order valence-electron chi connectivity index (χ0n) is 55.9. The summed E-state index contributed by atoms with van der Waals surface area (Å²) in [6.45, 7) is 6.52. The molecule has 96 heavy (non-hydrogen) atoms. The quantitative estimate of drug-likeness (QED) is 0.0163. The standard InChI is InChI=1S/C57H72N11O16P3Si3.6Na/c1-88(2,34-13-26-58-47(69)36-68(28-15-31-85(73,74)75,29-16-32-86(76,77)78)30-17-33-87(79,80)81)83-90(84-89(3,4)35-14-27-59-48(70)37-82-38-49(71)72)64-50-39-18-5-6-19-40(39)51(64)61-53-43-22-9-10-23-44(43)55(66(53)90)63-57-46-25-12-11-24-45(46)56(67(57)90)62-54-42-21-8-7-20-41(42)52(60-50)65(54)90;;;;;;/h5-12,18-25H,13-17,26-38H2,1-4H3,(H8-,58,59,69,70,71,72,73,74,75,76,77,78,79,80,81);;;;;;/q;6*+1/p-5. The van der Waals surface area contributed by atoms with Crippen LogP contribution in [0.4, 0.5) is 11.6 Å². The summed E-state index contributed by atoms with van der Waals surface area (Å²) in [5.74, 6) is 0.521. The van der Waals surface area contributed by atoms with Gasteiger partial charge in [0.15, 0.2) is 0 Å². The number of hydrogen-bond donors (Lipinski definition) is 3. The smallest absolute Gasteiger partial charge is 1.00 e. The number of amides is 2. The van der Waals surface area contributed by atoms with Gasteiger partial charge in [-0.05, 0) is 0 Å². The van der Waals surface area contributed by atoms with E-state index in [4.69, 9.17) is 32.9 Å². The molecule has 1 unspecified atom stereocenters. The van der Waals surface area contributed by atoms with Gasteiger partial charge in [-0.3, -0.25) is 0 Å². The Morgan fingerprint density at radius 2 is 0.927 bits per heavy atom. The Labute approximate surface area is 688 Å². The summed E-state index contributed by atoms with van der Waals surface area (Å²) in [6.07, 6.45) is -2.33. The average Bonchev–Trinajstić information content (AvgIpc) is 1.27. The number of fused-ring (bicyclic) bond motifs is 12. The van der Waals surface area contributed by atoms with Gasteiger partial charge in [-0.2, -0.15) is 0 Å². The molecule has 8 heterocycles. The second kappa shape index (κ2) is 31.3. The molecule has 3 N–H and O–H groups in total. The number of aromatic nitrogens is 2. The van der Waals surface area contributed by atoms with Crippen molar-refractivity contribution in [1.82, 2.24) is 19.1 Å². The van der Waals surface area contributed by atoms with Gasteiger partial charge in [-0.15, -0.1) is 0 Å². The Balaban J connectivity index is 0.00000243. The van der Waals surface area contributed by atoms with E-state index in [1.807, 2.05) is 97.1 Å². The minimum Gasteiger partial charge on any atom is 1.00 e. The molecule has 6 aromatic rings. The number of quaternary nitrogens is 1. The predicted octanol–water partition coefficient (Wildman–Crippen LogP) is -18.1. The zero-order chi connectivity index (χ0) is 64.1. The first-order valence-corrected chi connectivity index (χ1v) is 43.9. The molecule has 0 bridgehead atoms. The van der Waals surface area contributed by atoms with Gasteiger partial charge in [0.1, 0.15) is 7.60 Å². The minimum absolute atomic E-state index is 0. The van der Waals surface area contributed by atoms with Crippen LogP contribution < -0.4 is 229 Å². The van der Waals surface area contributed by atoms with Crippen molar-refractivity contribution >= 4 is 121 Å². The van der Waals surface area contributed by atoms with Crippen LogP contribution in [0.15, 0.2) is 117 Å². The summed E-state index contributed by atoms with van der Waals surface area (Å²) in [4.78, 5) is 131. The molecule has 2 aromatic heterocycles. The van der Waals surface area contributed by atoms with Crippen LogP contribution >= 0.6 is 22.8 Å². The third kappa shape index (κ3) is 15.1. The van der Waals surface area contributed by atoms with Gasteiger partial charge >= 0.3 is 632 Å². The Morgan fingerprint density at radius 3 is 1.33 bits per heavy atom. The van der Waals surface area contributed by atoms with Crippen LogP contribution in [-0.2, 0) is 41.0 Å². The normalized spacial score (nSPS) is 17.2. The maximum absolute atomic E-state index is 14.4. The number of rotatable bonds is 30. The van der Waals surface area contributed by atoms with Crippen molar-refractivity contribution in [3.63, 3.8) is 0 Å². The summed E-state index contributed by atoms with van der Waals surface area (Å²) < 4.78 is 67.2. The summed E-state index contributed by atoms with van der Waals surface area (Å²) >= 11 is 0. The Bertz CT molecular complexity index is 4300. The summed E-state index contributed by atoms with van der Waals surface area (Å²) in [5, 5.41) is 20.0. The van der Waals surface area contributed by atoms with Crippen LogP contribution in [0.5, 0.6) is 0 Å². The van der Waals surface area contributed by atoms with Crippen molar-refractivity contribution in [3.05, 3.63) is 130 Å². The maximum atomic E-state index is 14.4. The summed E-state index contributed by atoms with van der Waals surface area (Å²) in [7, 11) is -29.2. The predicted molar refractivity (Wildman–Crippen MR) is 328 cm³/mol. The van der Waals surface area contributed by atoms with E-state index < -0.39 is 103 Å². The fourth-order valence-corrected chi connectivity index (χ4v) is 38.6. The van der Waals surface area contributed by atoms with Crippen molar-refractivity contribution < 1.29 is 266 Å². The molecule has 0 fully saturated rings. The molecule has 6 aliphatic heterocycles. The first-order chi connectivity index (χ1) is 42.5. The number of aliphatic imine (C=N–C) groups is 2. The van der Waals surface area contributed by atoms with Crippen LogP contribution in [0.2, 0.25) is 38.3 Å². The zero-order valence-corrected chi connectivity index (χ0v) is 73.6. The number of aliphatic carboxylic acids is 1. The van der Waals surface area contributed by atoms with Crippen LogP contribution in [0.25, 0.3) is 21.5 Å². The number of carboxylic acid groups (broad SMARTS) is 1. The molecule has 0 aliphatic carbocycles. The average molecular weight is 1480 g/mol. The molecule has 2 amide bonds. The van der Waals surface area contributed by atoms with Crippen molar-refractivity contribution in [1.29, 1.82) is 0 Å². The number of nitrogens with one attached hydrogen (secondary N) is 2. The molecule has 6 aliphatic rings. The number of carboxylic acids is 1. The topological polar surface area (TPSA) is 378 Å². The van der Waals surface area contributed by atoms with Crippen LogP contribution in [0.3, 0.4) is 0 Å². The number of ether oxygens (including phenoxy) is 1. The third-order valence-corrected chi connectivity index (χ3v) is 37.1. The molecule has 4 aromatic carbocycles. The molecule has 39 heteroatoms. The first-order valence-electron chi connectivity index (χ1n) is 29.8. The van der Waals surface area contributed by atoms with Crippen LogP contribution in [-0.4, -0.2) is 163 Å². The fraction of sp³-hybridized carbons (Fsp3) is 0.386. The van der Waals surface area contributed by atoms with E-state index in [0.717, 1.165) is 43.8 Å². The van der Waals surface area contributed by atoms with Gasteiger partial charge in [0.2, 0.25) is 0 Å². The van der Waals surface area contributed by atoms with E-state index in [0.29, 0.717) is 64.5 Å². The molecular weight excluding hydrogens is 1410 g/mol. The van der Waals surface area contributed by atoms with E-state index >= 15 is 0 Å². The molecule has 1 atom stereocenters. The molecule has 27 nitrogen and oxygen atoms in total. The van der Waals surface area contributed by atoms with Gasteiger partial charge in [-0.25, -0.2) is 0 Å². The second-order valence-electron chi connectivity index (χ2n) is 25.2. The minimum atomic E-state index is -7.21. The largest absolute Gasteiger partial charge is 1.00 e. The van der Waals surface area contributed by atoms with E-state index in [2.05, 4.69) is 53.8 Å². The van der Waals surface area contributed by atoms with Gasteiger partial charge in [0.05, 0.1) is 0 Å². The molecule has 0 saturated heterocycles. The number of benzene rings is 4. The van der Waals surface area contributed by atoms with E-state index in [-0.39, 0.29) is 240 Å². The molecular formula is C57H67N11Na6O16P3Si3+. The first kappa shape index (κ1) is 84.5. The Hall–Kier alpha value is -0.409. The Kier molecular flexibility index (Phi) is 27.6. The number of nitrogens with zero attached hydrogens (tertiary/aromatic N) is 9. The molecule has 0 saturated carbocycles. The van der Waals surface area contributed by atoms with Crippen LogP contribution in [0, 0.1) is 0 Å². The van der Waals surface area contributed by atoms with E-state index in [9.17, 15) is 62.5 Å². The number of amidine groups is 4. The number of carbonyl (C=O) groups is 3. The van der Waals surface area contributed by atoms with E-state index in [1.54, 1.807) is 0 Å². The molecule has 12 rings (SSSR count). The number of carbonyl (C=O) groups excluding carboxylic acids is 3. The molecule has 1 spiro atoms. The maximum Gasteiger partial charge on any atom is 1.00 e. The monoisotopic (exact) mass is 1480 g/mol.